The van der Waals surface area contributed by atoms with Crippen LogP contribution >= 0.6 is 0 Å². The molecule has 0 unspecified atom stereocenters. The number of nitrogens with one attached hydrogen (secondary N) is 2. The molecule has 3 aromatic rings. The maximum absolute atomic E-state index is 14.4. The summed E-state index contributed by atoms with van der Waals surface area (Å²) in [4.78, 5) is 42.6. The van der Waals surface area contributed by atoms with Crippen molar-refractivity contribution in [2.24, 2.45) is 11.1 Å². The van der Waals surface area contributed by atoms with Gasteiger partial charge in [0, 0.05) is 67.0 Å². The summed E-state index contributed by atoms with van der Waals surface area (Å²) in [6.07, 6.45) is 4.39. The van der Waals surface area contributed by atoms with Gasteiger partial charge in [-0.05, 0) is 80.5 Å². The second kappa shape index (κ2) is 11.3. The number of fused-ring (bicyclic) bond motifs is 3. The smallest absolute Gasteiger partial charge is 0.317 e. The first-order valence-electron chi connectivity index (χ1n) is 15.3. The number of amides is 3. The molecular formula is C33H41FN6O3. The zero-order chi connectivity index (χ0) is 30.5. The maximum Gasteiger partial charge on any atom is 0.317 e. The molecule has 10 heteroatoms. The van der Waals surface area contributed by atoms with Crippen molar-refractivity contribution >= 4 is 34.4 Å². The van der Waals surface area contributed by atoms with Crippen molar-refractivity contribution in [3.8, 4) is 11.1 Å². The Morgan fingerprint density at radius 3 is 2.35 bits per heavy atom. The molecule has 3 amide bonds. The van der Waals surface area contributed by atoms with Crippen molar-refractivity contribution in [1.82, 2.24) is 19.7 Å². The number of aromatic nitrogens is 1. The number of nitrogens with zero attached hydrogens (tertiary/aromatic N) is 3. The van der Waals surface area contributed by atoms with Gasteiger partial charge in [-0.25, -0.2) is 9.18 Å². The van der Waals surface area contributed by atoms with Crippen LogP contribution < -0.4 is 16.4 Å². The molecular weight excluding hydrogens is 547 g/mol. The molecule has 4 N–H and O–H groups in total. The van der Waals surface area contributed by atoms with Gasteiger partial charge < -0.3 is 26.2 Å². The van der Waals surface area contributed by atoms with Crippen LogP contribution in [0.2, 0.25) is 0 Å². The third-order valence-corrected chi connectivity index (χ3v) is 9.33. The number of primary amides is 1. The van der Waals surface area contributed by atoms with E-state index in [1.807, 2.05) is 17.0 Å². The summed E-state index contributed by atoms with van der Waals surface area (Å²) in [7, 11) is 2.07. The Morgan fingerprint density at radius 2 is 1.65 bits per heavy atom. The Kier molecular flexibility index (Phi) is 7.66. The predicted molar refractivity (Wildman–Crippen MR) is 166 cm³/mol. The van der Waals surface area contributed by atoms with Gasteiger partial charge in [0.05, 0.1) is 11.1 Å². The van der Waals surface area contributed by atoms with Crippen LogP contribution in [0.1, 0.15) is 66.8 Å². The van der Waals surface area contributed by atoms with Gasteiger partial charge in [0.25, 0.3) is 5.91 Å². The molecule has 0 bridgehead atoms. The monoisotopic (exact) mass is 588 g/mol. The number of carbonyl (C=O) groups is 3. The highest BCUT2D eigenvalue weighted by Gasteiger charge is 2.35. The van der Waals surface area contributed by atoms with E-state index in [9.17, 15) is 18.8 Å². The molecule has 3 aliphatic rings. The molecule has 1 aromatic heterocycles. The lowest BCUT2D eigenvalue weighted by molar-refractivity contribution is 0.0816. The number of benzene rings is 2. The highest BCUT2D eigenvalue weighted by molar-refractivity contribution is 6.06. The summed E-state index contributed by atoms with van der Waals surface area (Å²) >= 11 is 0. The summed E-state index contributed by atoms with van der Waals surface area (Å²) in [6.45, 7) is 7.41. The number of urea groups is 1. The van der Waals surface area contributed by atoms with Gasteiger partial charge in [-0.15, -0.1) is 0 Å². The number of hydrogen-bond donors (Lipinski definition) is 3. The Morgan fingerprint density at radius 1 is 0.953 bits per heavy atom. The minimum absolute atomic E-state index is 0.0119. The Bertz CT molecular complexity index is 1580. The van der Waals surface area contributed by atoms with Gasteiger partial charge in [0.15, 0.2) is 0 Å². The number of anilines is 1. The predicted octanol–water partition coefficient (Wildman–Crippen LogP) is 4.84. The van der Waals surface area contributed by atoms with Crippen LogP contribution in [0.15, 0.2) is 36.4 Å². The molecule has 3 heterocycles. The summed E-state index contributed by atoms with van der Waals surface area (Å²) in [5.41, 5.74) is 9.75. The van der Waals surface area contributed by atoms with Gasteiger partial charge in [0.1, 0.15) is 5.82 Å². The third-order valence-electron chi connectivity index (χ3n) is 9.33. The first kappa shape index (κ1) is 29.2. The van der Waals surface area contributed by atoms with Crippen LogP contribution in [0.5, 0.6) is 0 Å². The molecule has 1 saturated heterocycles. The largest absolute Gasteiger partial charge is 0.382 e. The molecule has 2 aliphatic heterocycles. The fourth-order valence-corrected chi connectivity index (χ4v) is 7.00. The normalized spacial score (nSPS) is 22.3. The highest BCUT2D eigenvalue weighted by Crippen LogP contribution is 2.43. The van der Waals surface area contributed by atoms with Crippen molar-refractivity contribution in [3.05, 3.63) is 53.5 Å². The lowest BCUT2D eigenvalue weighted by Crippen LogP contribution is -2.53. The van der Waals surface area contributed by atoms with Crippen LogP contribution in [0.4, 0.5) is 14.9 Å². The number of hydrogen-bond acceptors (Lipinski definition) is 5. The van der Waals surface area contributed by atoms with Crippen molar-refractivity contribution in [2.45, 2.75) is 64.5 Å². The van der Waals surface area contributed by atoms with Crippen LogP contribution in [0, 0.1) is 11.2 Å². The van der Waals surface area contributed by atoms with Crippen LogP contribution in [-0.4, -0.2) is 77.5 Å². The molecule has 9 nitrogen and oxygen atoms in total. The van der Waals surface area contributed by atoms with Crippen LogP contribution in [0.3, 0.4) is 0 Å². The van der Waals surface area contributed by atoms with E-state index in [-0.39, 0.29) is 29.4 Å². The number of halogens is 1. The molecule has 0 radical (unpaired) electrons. The Labute approximate surface area is 251 Å². The third kappa shape index (κ3) is 5.85. The van der Waals surface area contributed by atoms with Gasteiger partial charge in [-0.3, -0.25) is 14.2 Å². The van der Waals surface area contributed by atoms with Crippen molar-refractivity contribution in [2.75, 3.05) is 38.5 Å². The Hall–Kier alpha value is -3.92. The lowest BCUT2D eigenvalue weighted by atomic mass is 9.80. The van der Waals surface area contributed by atoms with Crippen molar-refractivity contribution in [1.29, 1.82) is 0 Å². The molecule has 1 saturated carbocycles. The minimum atomic E-state index is -0.524. The van der Waals surface area contributed by atoms with Gasteiger partial charge >= 0.3 is 6.03 Å². The molecule has 228 valence electrons. The SMILES string of the molecule is CN1CCN(C(=O)NC2CCC(Nc3cc(-c4c5n(c6cc(F)ccc46)C(=O)CC(C)(C)C5)ccc3C(N)=O)CC2)CC1. The minimum Gasteiger partial charge on any atom is -0.382 e. The van der Waals surface area contributed by atoms with E-state index < -0.39 is 11.7 Å². The van der Waals surface area contributed by atoms with E-state index in [1.54, 1.807) is 16.7 Å². The molecule has 0 spiro atoms. The summed E-state index contributed by atoms with van der Waals surface area (Å²) < 4.78 is 16.0. The fraction of sp³-hybridized carbons (Fsp3) is 0.485. The summed E-state index contributed by atoms with van der Waals surface area (Å²) in [5, 5.41) is 7.59. The standard InChI is InChI=1S/C33H41FN6O3/c1-33(2)18-28-30(25-11-5-21(34)17-27(25)40(28)29(41)19-33)20-4-10-24(31(35)42)26(16-20)36-22-6-8-23(9-7-22)37-32(43)39-14-12-38(3)13-15-39/h4-5,10-11,16-17,22-23,36H,6-9,12-15,18-19H2,1-3H3,(H2,35,42)(H,37,43). The molecule has 0 atom stereocenters. The van der Waals surface area contributed by atoms with Crippen molar-refractivity contribution in [3.63, 3.8) is 0 Å². The number of likely N-dealkylation sites (N-methyl/N-ethyl adjacent to an activating group) is 1. The van der Waals surface area contributed by atoms with E-state index in [4.69, 9.17) is 5.73 Å². The van der Waals surface area contributed by atoms with Gasteiger partial charge in [-0.2, -0.15) is 0 Å². The number of nitrogens with two attached hydrogens (primary N) is 1. The zero-order valence-corrected chi connectivity index (χ0v) is 25.2. The second-order valence-electron chi connectivity index (χ2n) is 13.3. The van der Waals surface area contributed by atoms with Gasteiger partial charge in [-0.1, -0.05) is 19.9 Å². The van der Waals surface area contributed by atoms with Crippen LogP contribution in [0.25, 0.3) is 22.0 Å². The second-order valence-corrected chi connectivity index (χ2v) is 13.3. The molecule has 6 rings (SSSR count). The molecule has 43 heavy (non-hydrogen) atoms. The first-order valence-corrected chi connectivity index (χ1v) is 15.3. The Balaban J connectivity index is 1.24. The topological polar surface area (TPSA) is 113 Å². The van der Waals surface area contributed by atoms with E-state index >= 15 is 0 Å². The van der Waals surface area contributed by atoms with E-state index in [1.165, 1.54) is 12.1 Å². The number of carbonyl (C=O) groups excluding carboxylic acids is 3. The van der Waals surface area contributed by atoms with Gasteiger partial charge in [0.2, 0.25) is 5.91 Å². The number of rotatable bonds is 5. The molecule has 2 fully saturated rings. The zero-order valence-electron chi connectivity index (χ0n) is 25.2. The molecule has 1 aliphatic carbocycles. The van der Waals surface area contributed by atoms with E-state index in [0.29, 0.717) is 29.6 Å². The summed E-state index contributed by atoms with van der Waals surface area (Å²) in [6, 6.07) is 10.4. The fourth-order valence-electron chi connectivity index (χ4n) is 7.00. The summed E-state index contributed by atoms with van der Waals surface area (Å²) in [5.74, 6) is -0.959. The maximum atomic E-state index is 14.4. The highest BCUT2D eigenvalue weighted by atomic mass is 19.1. The van der Waals surface area contributed by atoms with Crippen LogP contribution in [-0.2, 0) is 6.42 Å². The average Bonchev–Trinajstić information content (AvgIpc) is 3.26. The van der Waals surface area contributed by atoms with E-state index in [2.05, 4.69) is 36.4 Å². The van der Waals surface area contributed by atoms with Crippen molar-refractivity contribution < 1.29 is 18.8 Å². The first-order chi connectivity index (χ1) is 20.5. The number of piperazine rings is 1. The lowest BCUT2D eigenvalue weighted by Gasteiger charge is -2.35. The van der Waals surface area contributed by atoms with E-state index in [0.717, 1.165) is 74.1 Å². The quantitative estimate of drug-likeness (QED) is 0.395. The average molecular weight is 589 g/mol. The molecule has 2 aromatic carbocycles.